The zero-order chi connectivity index (χ0) is 17.2. The van der Waals surface area contributed by atoms with E-state index in [1.165, 1.54) is 12.1 Å². The number of fused-ring (bicyclic) bond motifs is 2. The number of ether oxygens (including phenoxy) is 1. The van der Waals surface area contributed by atoms with Gasteiger partial charge in [-0.3, -0.25) is 9.59 Å². The first-order chi connectivity index (χ1) is 12.2. The van der Waals surface area contributed by atoms with Crippen LogP contribution in [0.3, 0.4) is 0 Å². The minimum atomic E-state index is -0.360. The Hall–Kier alpha value is -3.47. The summed E-state index contributed by atoms with van der Waals surface area (Å²) in [6.45, 7) is 0. The van der Waals surface area contributed by atoms with Gasteiger partial charge in [0.25, 0.3) is 0 Å². The molecule has 1 heterocycles. The maximum absolute atomic E-state index is 12.1. The van der Waals surface area contributed by atoms with Crippen LogP contribution in [0, 0.1) is 0 Å². The van der Waals surface area contributed by atoms with Gasteiger partial charge in [-0.05, 0) is 29.8 Å². The molecule has 0 spiro atoms. The zero-order valence-electron chi connectivity index (χ0n) is 13.1. The topological polar surface area (TPSA) is 69.4 Å². The van der Waals surface area contributed by atoms with Gasteiger partial charge in [-0.25, -0.2) is 4.98 Å². The second-order valence-electron chi connectivity index (χ2n) is 5.61. The third-order valence-electron chi connectivity index (χ3n) is 3.75. The lowest BCUT2D eigenvalue weighted by atomic mass is 10.1. The van der Waals surface area contributed by atoms with Crippen LogP contribution in [0.5, 0.6) is 5.75 Å². The first-order valence-electron chi connectivity index (χ1n) is 7.77. The lowest BCUT2D eigenvalue weighted by Crippen LogP contribution is -2.11. The standard InChI is InChI=1S/C20H13NO4/c22-14-6-8-16-18(11-14)25-19-12-15(7-9-17(19)21-16)24-20(23)10-13-4-2-1-3-5-13/h1-9,11-12H,10H2. The van der Waals surface area contributed by atoms with Crippen LogP contribution >= 0.6 is 0 Å². The van der Waals surface area contributed by atoms with Crippen molar-refractivity contribution in [1.82, 2.24) is 4.98 Å². The number of nitrogens with zero attached hydrogens (tertiary/aromatic N) is 1. The lowest BCUT2D eigenvalue weighted by molar-refractivity contribution is -0.133. The van der Waals surface area contributed by atoms with Crippen molar-refractivity contribution in [3.05, 3.63) is 82.5 Å². The molecule has 2 aliphatic rings. The third-order valence-corrected chi connectivity index (χ3v) is 3.75. The smallest absolute Gasteiger partial charge is 0.315 e. The number of rotatable bonds is 3. The van der Waals surface area contributed by atoms with E-state index < -0.39 is 0 Å². The van der Waals surface area contributed by atoms with Crippen LogP contribution in [0.4, 0.5) is 0 Å². The van der Waals surface area contributed by atoms with Crippen molar-refractivity contribution in [3.63, 3.8) is 0 Å². The molecule has 0 amide bonds. The van der Waals surface area contributed by atoms with Crippen LogP contribution in [0.2, 0.25) is 0 Å². The second-order valence-corrected chi connectivity index (χ2v) is 5.61. The van der Waals surface area contributed by atoms with Crippen molar-refractivity contribution in [2.45, 2.75) is 6.42 Å². The second kappa shape index (κ2) is 6.20. The molecule has 4 rings (SSSR count). The van der Waals surface area contributed by atoms with Gasteiger partial charge in [0.2, 0.25) is 0 Å². The highest BCUT2D eigenvalue weighted by Gasteiger charge is 2.11. The number of aromatic nitrogens is 1. The summed E-state index contributed by atoms with van der Waals surface area (Å²) in [4.78, 5) is 27.9. The van der Waals surface area contributed by atoms with E-state index in [2.05, 4.69) is 4.98 Å². The molecule has 1 aliphatic carbocycles. The monoisotopic (exact) mass is 331 g/mol. The molecule has 122 valence electrons. The normalized spacial score (nSPS) is 10.9. The summed E-state index contributed by atoms with van der Waals surface area (Å²) in [5, 5.41) is 0. The highest BCUT2D eigenvalue weighted by molar-refractivity contribution is 5.80. The van der Waals surface area contributed by atoms with Crippen molar-refractivity contribution >= 4 is 17.1 Å². The van der Waals surface area contributed by atoms with Gasteiger partial charge in [0.15, 0.2) is 16.8 Å². The number of carbonyl (C=O) groups is 1. The molecule has 1 aliphatic heterocycles. The first kappa shape index (κ1) is 15.1. The van der Waals surface area contributed by atoms with Crippen molar-refractivity contribution in [2.24, 2.45) is 0 Å². The van der Waals surface area contributed by atoms with Crippen molar-refractivity contribution < 1.29 is 13.9 Å². The summed E-state index contributed by atoms with van der Waals surface area (Å²) < 4.78 is 11.1. The Morgan fingerprint density at radius 3 is 2.68 bits per heavy atom. The molecule has 2 aromatic rings. The minimum absolute atomic E-state index is 0.150. The van der Waals surface area contributed by atoms with E-state index in [-0.39, 0.29) is 17.8 Å². The maximum atomic E-state index is 12.1. The van der Waals surface area contributed by atoms with E-state index >= 15 is 0 Å². The van der Waals surface area contributed by atoms with Gasteiger partial charge < -0.3 is 9.15 Å². The molecule has 0 fully saturated rings. The molecule has 0 aromatic heterocycles. The van der Waals surface area contributed by atoms with Crippen LogP contribution in [0.1, 0.15) is 5.56 Å². The summed E-state index contributed by atoms with van der Waals surface area (Å²) in [7, 11) is 0. The molecule has 25 heavy (non-hydrogen) atoms. The fraction of sp³-hybridized carbons (Fsp3) is 0.0500. The number of benzene rings is 3. The molecule has 0 atom stereocenters. The molecule has 5 heteroatoms. The molecule has 0 radical (unpaired) electrons. The van der Waals surface area contributed by atoms with E-state index in [9.17, 15) is 9.59 Å². The summed E-state index contributed by atoms with van der Waals surface area (Å²) in [6.07, 6.45) is 0.186. The maximum Gasteiger partial charge on any atom is 0.315 e. The fourth-order valence-electron chi connectivity index (χ4n) is 2.58. The minimum Gasteiger partial charge on any atom is -0.453 e. The third kappa shape index (κ3) is 3.26. The lowest BCUT2D eigenvalue weighted by Gasteiger charge is -2.08. The van der Waals surface area contributed by atoms with Gasteiger partial charge in [0.1, 0.15) is 17.0 Å². The van der Waals surface area contributed by atoms with Gasteiger partial charge in [-0.15, -0.1) is 0 Å². The summed E-state index contributed by atoms with van der Waals surface area (Å²) in [6, 6.07) is 18.8. The van der Waals surface area contributed by atoms with E-state index in [4.69, 9.17) is 9.15 Å². The number of hydrogen-bond donors (Lipinski definition) is 0. The Balaban J connectivity index is 1.62. The molecule has 0 saturated carbocycles. The molecule has 0 N–H and O–H groups in total. The largest absolute Gasteiger partial charge is 0.453 e. The average molecular weight is 331 g/mol. The molecular weight excluding hydrogens is 318 g/mol. The summed E-state index contributed by atoms with van der Waals surface area (Å²) in [5.41, 5.74) is 2.40. The molecule has 2 aromatic carbocycles. The average Bonchev–Trinajstić information content (AvgIpc) is 2.60. The van der Waals surface area contributed by atoms with Gasteiger partial charge in [0, 0.05) is 12.1 Å². The fourth-order valence-corrected chi connectivity index (χ4v) is 2.58. The highest BCUT2D eigenvalue weighted by atomic mass is 16.5. The molecule has 0 saturated heterocycles. The van der Waals surface area contributed by atoms with Crippen molar-refractivity contribution in [2.75, 3.05) is 0 Å². The van der Waals surface area contributed by atoms with Crippen LogP contribution in [-0.2, 0) is 11.2 Å². The van der Waals surface area contributed by atoms with Crippen LogP contribution in [-0.4, -0.2) is 11.0 Å². The Morgan fingerprint density at radius 1 is 1.00 bits per heavy atom. The van der Waals surface area contributed by atoms with Gasteiger partial charge in [-0.2, -0.15) is 0 Å². The van der Waals surface area contributed by atoms with Crippen molar-refractivity contribution in [3.8, 4) is 17.2 Å². The SMILES string of the molecule is O=C(Cc1ccccc1)Oc1ccc2nc3ccc(=O)cc-3oc2c1. The predicted molar refractivity (Wildman–Crippen MR) is 92.7 cm³/mol. The molecule has 0 unspecified atom stereocenters. The van der Waals surface area contributed by atoms with Crippen LogP contribution in [0.25, 0.3) is 22.6 Å². The van der Waals surface area contributed by atoms with E-state index in [1.807, 2.05) is 30.3 Å². The van der Waals surface area contributed by atoms with Crippen LogP contribution in [0.15, 0.2) is 75.9 Å². The highest BCUT2D eigenvalue weighted by Crippen LogP contribution is 2.26. The van der Waals surface area contributed by atoms with E-state index in [0.717, 1.165) is 5.56 Å². The molecule has 5 nitrogen and oxygen atoms in total. The molecule has 0 bridgehead atoms. The predicted octanol–water partition coefficient (Wildman–Crippen LogP) is 3.44. The number of esters is 1. The Bertz CT molecular complexity index is 1090. The quantitative estimate of drug-likeness (QED) is 0.327. The zero-order valence-corrected chi connectivity index (χ0v) is 13.1. The molecular formula is C20H13NO4. The Labute approximate surface area is 142 Å². The summed E-state index contributed by atoms with van der Waals surface area (Å²) in [5.74, 6) is 0.408. The van der Waals surface area contributed by atoms with Crippen LogP contribution < -0.4 is 10.2 Å². The Kier molecular flexibility index (Phi) is 3.74. The van der Waals surface area contributed by atoms with Crippen molar-refractivity contribution in [1.29, 1.82) is 0 Å². The van der Waals surface area contributed by atoms with E-state index in [1.54, 1.807) is 24.3 Å². The summed E-state index contributed by atoms with van der Waals surface area (Å²) >= 11 is 0. The van der Waals surface area contributed by atoms with Gasteiger partial charge >= 0.3 is 5.97 Å². The number of hydrogen-bond acceptors (Lipinski definition) is 5. The van der Waals surface area contributed by atoms with E-state index in [0.29, 0.717) is 28.3 Å². The van der Waals surface area contributed by atoms with Gasteiger partial charge in [-0.1, -0.05) is 30.3 Å². The van der Waals surface area contributed by atoms with Gasteiger partial charge in [0.05, 0.1) is 6.42 Å². The number of carbonyl (C=O) groups excluding carboxylic acids is 1. The first-order valence-corrected chi connectivity index (χ1v) is 7.77. The Morgan fingerprint density at radius 2 is 1.84 bits per heavy atom.